The summed E-state index contributed by atoms with van der Waals surface area (Å²) in [5, 5.41) is 3.32. The van der Waals surface area contributed by atoms with Crippen LogP contribution in [0.1, 0.15) is 13.3 Å². The van der Waals surface area contributed by atoms with Gasteiger partial charge in [-0.15, -0.1) is 0 Å². The van der Waals surface area contributed by atoms with Gasteiger partial charge in [-0.3, -0.25) is 9.71 Å². The number of benzene rings is 2. The van der Waals surface area contributed by atoms with Crippen LogP contribution in [0.15, 0.2) is 82.5 Å². The summed E-state index contributed by atoms with van der Waals surface area (Å²) in [6.45, 7) is 4.53. The molecule has 0 saturated carbocycles. The summed E-state index contributed by atoms with van der Waals surface area (Å²) in [5.74, 6) is 0.0885. The molecule has 2 aromatic carbocycles. The van der Waals surface area contributed by atoms with Crippen molar-refractivity contribution in [2.24, 2.45) is 4.99 Å². The standard InChI is InChI=1S/C25H28N5O3S.Tl/c1-20(27-21-6-3-2-4-7-21)25(31)30-18-16-29(17-19-30)23-9-11-24(12-10-23)34(32,33)28-22-8-5-14-26-15-13-22;/h2-3,6-15,20,27-28H,5,16-19H2,1H3;. The van der Waals surface area contributed by atoms with E-state index in [-0.39, 0.29) is 16.8 Å². The van der Waals surface area contributed by atoms with E-state index in [1.54, 1.807) is 36.7 Å². The molecule has 35 heavy (non-hydrogen) atoms. The normalized spacial score (nSPS) is 16.9. The molecule has 2 N–H and O–H groups in total. The summed E-state index contributed by atoms with van der Waals surface area (Å²) >= 11 is 0.761. The van der Waals surface area contributed by atoms with Crippen molar-refractivity contribution in [3.05, 3.63) is 72.6 Å². The SMILES string of the molecule is CC(Nc1ccc[c]([Tl])c1)C(=O)N1CCN(c2ccc(S(=O)(=O)NC3=CCC=NC=C3)cc2)CC1. The second-order valence-electron chi connectivity index (χ2n) is 8.45. The topological polar surface area (TPSA) is 94.1 Å². The summed E-state index contributed by atoms with van der Waals surface area (Å²) in [5.41, 5.74) is 2.42. The van der Waals surface area contributed by atoms with Gasteiger partial charge in [0.15, 0.2) is 0 Å². The van der Waals surface area contributed by atoms with Gasteiger partial charge < -0.3 is 0 Å². The Morgan fingerprint density at radius 3 is 2.54 bits per heavy atom. The number of anilines is 2. The molecule has 2 aliphatic rings. The van der Waals surface area contributed by atoms with Crippen LogP contribution < -0.4 is 18.1 Å². The number of piperazine rings is 1. The number of nitrogens with one attached hydrogen (secondary N) is 2. The van der Waals surface area contributed by atoms with Crippen LogP contribution in [0, 0.1) is 0 Å². The quantitative estimate of drug-likeness (QED) is 0.435. The molecule has 1 amide bonds. The maximum atomic E-state index is 12.9. The zero-order valence-corrected chi connectivity index (χ0v) is 24.9. The van der Waals surface area contributed by atoms with Gasteiger partial charge in [-0.25, -0.2) is 8.42 Å². The van der Waals surface area contributed by atoms with Crippen LogP contribution in [-0.4, -0.2) is 83.4 Å². The van der Waals surface area contributed by atoms with E-state index in [2.05, 4.69) is 32.1 Å². The second kappa shape index (κ2) is 11.4. The van der Waals surface area contributed by atoms with Crippen LogP contribution in [0.5, 0.6) is 0 Å². The van der Waals surface area contributed by atoms with Crippen LogP contribution >= 0.6 is 0 Å². The molecule has 0 aromatic heterocycles. The zero-order chi connectivity index (χ0) is 24.8. The monoisotopic (exact) mass is 683 g/mol. The number of aliphatic imine (C=N–C) groups is 1. The fourth-order valence-electron chi connectivity index (χ4n) is 4.02. The summed E-state index contributed by atoms with van der Waals surface area (Å²) in [4.78, 5) is 21.2. The predicted molar refractivity (Wildman–Crippen MR) is 141 cm³/mol. The fourth-order valence-corrected chi connectivity index (χ4v) is 6.22. The van der Waals surface area contributed by atoms with Gasteiger partial charge in [-0.05, 0) is 18.2 Å². The summed E-state index contributed by atoms with van der Waals surface area (Å²) in [6.07, 6.45) is 7.26. The first-order chi connectivity index (χ1) is 16.8. The van der Waals surface area contributed by atoms with Crippen LogP contribution in [0.2, 0.25) is 0 Å². The second-order valence-corrected chi connectivity index (χ2v) is 12.7. The fraction of sp³-hybridized carbons (Fsp3) is 0.280. The van der Waals surface area contributed by atoms with Gasteiger partial charge in [0, 0.05) is 24.5 Å². The Labute approximate surface area is 222 Å². The molecule has 0 spiro atoms. The summed E-state index contributed by atoms with van der Waals surface area (Å²) in [7, 11) is -3.68. The van der Waals surface area contributed by atoms with Crippen LogP contribution in [0.3, 0.4) is 0 Å². The first kappa shape index (κ1) is 25.4. The number of sulfonamides is 1. The number of carbonyl (C=O) groups excluding carboxylic acids is 1. The third kappa shape index (κ3) is 6.72. The van der Waals surface area contributed by atoms with E-state index in [0.717, 1.165) is 37.1 Å². The van der Waals surface area contributed by atoms with E-state index in [1.165, 1.54) is 3.12 Å². The Kier molecular flexibility index (Phi) is 8.27. The molecule has 0 radical (unpaired) electrons. The van der Waals surface area contributed by atoms with Crippen molar-refractivity contribution in [1.82, 2.24) is 9.62 Å². The molecule has 1 unspecified atom stereocenters. The van der Waals surface area contributed by atoms with Crippen molar-refractivity contribution >= 4 is 62.4 Å². The number of amides is 1. The van der Waals surface area contributed by atoms with Gasteiger partial charge in [0.1, 0.15) is 0 Å². The molecule has 1 saturated heterocycles. The third-order valence-electron chi connectivity index (χ3n) is 5.88. The number of hydrogen-bond donors (Lipinski definition) is 2. The molecule has 1 fully saturated rings. The van der Waals surface area contributed by atoms with Crippen molar-refractivity contribution < 1.29 is 13.2 Å². The number of rotatable bonds is 7. The Morgan fingerprint density at radius 2 is 1.83 bits per heavy atom. The molecule has 0 bridgehead atoms. The molecule has 2 heterocycles. The van der Waals surface area contributed by atoms with Crippen molar-refractivity contribution in [1.29, 1.82) is 0 Å². The predicted octanol–water partition coefficient (Wildman–Crippen LogP) is 1.78. The van der Waals surface area contributed by atoms with Crippen LogP contribution in [-0.2, 0) is 14.8 Å². The number of carbonyl (C=O) groups is 1. The third-order valence-corrected chi connectivity index (χ3v) is 8.68. The van der Waals surface area contributed by atoms with Crippen molar-refractivity contribution in [3.8, 4) is 0 Å². The van der Waals surface area contributed by atoms with Crippen LogP contribution in [0.4, 0.5) is 11.4 Å². The van der Waals surface area contributed by atoms with Gasteiger partial charge >= 0.3 is 142 Å². The Balaban J connectivity index is 1.32. The van der Waals surface area contributed by atoms with Crippen molar-refractivity contribution in [2.75, 3.05) is 36.4 Å². The molecule has 0 aliphatic carbocycles. The molecular formula is C25H28N5O3STl. The van der Waals surface area contributed by atoms with Gasteiger partial charge in [0.2, 0.25) is 0 Å². The van der Waals surface area contributed by atoms with E-state index < -0.39 is 10.0 Å². The molecule has 180 valence electrons. The van der Waals surface area contributed by atoms with E-state index in [1.807, 2.05) is 36.1 Å². The Hall–Kier alpha value is -2.67. The first-order valence-corrected chi connectivity index (χ1v) is 15.2. The molecule has 1 atom stereocenters. The zero-order valence-electron chi connectivity index (χ0n) is 19.6. The van der Waals surface area contributed by atoms with Gasteiger partial charge in [0.25, 0.3) is 10.0 Å². The number of hydrogen-bond acceptors (Lipinski definition) is 6. The summed E-state index contributed by atoms with van der Waals surface area (Å²) in [6, 6.07) is 14.8. The molecule has 2 aromatic rings. The summed E-state index contributed by atoms with van der Waals surface area (Å²) < 4.78 is 29.4. The first-order valence-electron chi connectivity index (χ1n) is 11.5. The van der Waals surface area contributed by atoms with Crippen molar-refractivity contribution in [2.45, 2.75) is 24.3 Å². The minimum atomic E-state index is -3.68. The van der Waals surface area contributed by atoms with E-state index in [9.17, 15) is 13.2 Å². The van der Waals surface area contributed by atoms with Crippen molar-refractivity contribution in [3.63, 3.8) is 0 Å². The van der Waals surface area contributed by atoms with Gasteiger partial charge in [0.05, 0.1) is 4.90 Å². The Morgan fingerprint density at radius 1 is 1.09 bits per heavy atom. The molecule has 8 nitrogen and oxygen atoms in total. The Bertz CT molecular complexity index is 1250. The van der Waals surface area contributed by atoms with E-state index in [0.29, 0.717) is 38.3 Å². The maximum absolute atomic E-state index is 12.9. The van der Waals surface area contributed by atoms with E-state index >= 15 is 0 Å². The average Bonchev–Trinajstić information content (AvgIpc) is 3.12. The van der Waals surface area contributed by atoms with E-state index in [4.69, 9.17) is 0 Å². The van der Waals surface area contributed by atoms with Gasteiger partial charge in [-0.1, -0.05) is 6.08 Å². The molecule has 2 aliphatic heterocycles. The number of nitrogens with zero attached hydrogens (tertiary/aromatic N) is 3. The average molecular weight is 683 g/mol. The molecule has 4 rings (SSSR count). The molecule has 10 heteroatoms. The van der Waals surface area contributed by atoms with Gasteiger partial charge in [-0.2, -0.15) is 0 Å². The number of allylic oxidation sites excluding steroid dienone is 2. The van der Waals surface area contributed by atoms with Crippen LogP contribution in [0.25, 0.3) is 0 Å². The molecular weight excluding hydrogens is 655 g/mol. The minimum absolute atomic E-state index is 0.0885.